The molecular weight excluding hydrogens is 339 g/mol. The molecule has 0 aliphatic heterocycles. The summed E-state index contributed by atoms with van der Waals surface area (Å²) in [7, 11) is 0. The minimum atomic E-state index is -1.03. The number of aliphatic carboxylic acids is 1. The van der Waals surface area contributed by atoms with E-state index >= 15 is 0 Å². The van der Waals surface area contributed by atoms with Crippen LogP contribution in [-0.4, -0.2) is 40.1 Å². The van der Waals surface area contributed by atoms with Crippen LogP contribution >= 0.6 is 0 Å². The number of halogens is 1. The van der Waals surface area contributed by atoms with Gasteiger partial charge < -0.3 is 20.1 Å². The van der Waals surface area contributed by atoms with Gasteiger partial charge in [0.05, 0.1) is 18.8 Å². The van der Waals surface area contributed by atoms with Crippen molar-refractivity contribution in [3.05, 3.63) is 66.5 Å². The van der Waals surface area contributed by atoms with E-state index in [4.69, 9.17) is 9.84 Å². The topological polar surface area (TPSA) is 87.0 Å². The highest BCUT2D eigenvalue weighted by atomic mass is 19.1. The Labute approximate surface area is 152 Å². The Morgan fingerprint density at radius 3 is 2.50 bits per heavy atom. The SMILES string of the molecule is O=C(O)CCCC(O)C(O)/C=C/C=C\C=C\CCOc1ccc(F)cc1. The molecule has 0 bridgehead atoms. The van der Waals surface area contributed by atoms with Gasteiger partial charge in [-0.3, -0.25) is 4.79 Å². The molecule has 2 atom stereocenters. The van der Waals surface area contributed by atoms with Gasteiger partial charge in [0.25, 0.3) is 0 Å². The minimum Gasteiger partial charge on any atom is -0.493 e. The number of benzene rings is 1. The van der Waals surface area contributed by atoms with Crippen molar-refractivity contribution in [3.63, 3.8) is 0 Å². The zero-order chi connectivity index (χ0) is 19.2. The van der Waals surface area contributed by atoms with Crippen molar-refractivity contribution in [3.8, 4) is 5.75 Å². The van der Waals surface area contributed by atoms with Crippen molar-refractivity contribution in [2.75, 3.05) is 6.61 Å². The summed E-state index contributed by atoms with van der Waals surface area (Å²) < 4.78 is 18.2. The zero-order valence-electron chi connectivity index (χ0n) is 14.5. The Kier molecular flexibility index (Phi) is 10.7. The molecule has 2 unspecified atom stereocenters. The fraction of sp³-hybridized carbons (Fsp3) is 0.350. The van der Waals surface area contributed by atoms with Gasteiger partial charge in [0, 0.05) is 6.42 Å². The van der Waals surface area contributed by atoms with Gasteiger partial charge in [0.2, 0.25) is 0 Å². The van der Waals surface area contributed by atoms with Gasteiger partial charge in [-0.25, -0.2) is 4.39 Å². The van der Waals surface area contributed by atoms with Crippen LogP contribution in [0, 0.1) is 5.82 Å². The quantitative estimate of drug-likeness (QED) is 0.391. The third-order valence-electron chi connectivity index (χ3n) is 3.43. The van der Waals surface area contributed by atoms with Crippen LogP contribution in [0.3, 0.4) is 0 Å². The molecule has 0 saturated carbocycles. The van der Waals surface area contributed by atoms with Crippen LogP contribution < -0.4 is 4.74 Å². The van der Waals surface area contributed by atoms with E-state index in [1.54, 1.807) is 30.4 Å². The molecule has 6 heteroatoms. The van der Waals surface area contributed by atoms with E-state index in [0.29, 0.717) is 25.2 Å². The number of carbonyl (C=O) groups is 1. The van der Waals surface area contributed by atoms with E-state index in [2.05, 4.69) is 0 Å². The third kappa shape index (κ3) is 10.4. The van der Waals surface area contributed by atoms with Gasteiger partial charge in [-0.2, -0.15) is 0 Å². The van der Waals surface area contributed by atoms with Crippen LogP contribution in [0.4, 0.5) is 4.39 Å². The highest BCUT2D eigenvalue weighted by molar-refractivity contribution is 5.66. The largest absolute Gasteiger partial charge is 0.493 e. The number of aliphatic hydroxyl groups excluding tert-OH is 2. The molecule has 1 aromatic rings. The average Bonchev–Trinajstić information content (AvgIpc) is 2.61. The predicted molar refractivity (Wildman–Crippen MR) is 97.4 cm³/mol. The summed E-state index contributed by atoms with van der Waals surface area (Å²) in [6.07, 6.45) is 9.51. The molecule has 0 spiro atoms. The number of carboxylic acids is 1. The Morgan fingerprint density at radius 1 is 1.12 bits per heavy atom. The normalized spacial score (nSPS) is 14.3. The van der Waals surface area contributed by atoms with Crippen molar-refractivity contribution in [1.82, 2.24) is 0 Å². The van der Waals surface area contributed by atoms with Gasteiger partial charge in [-0.15, -0.1) is 0 Å². The summed E-state index contributed by atoms with van der Waals surface area (Å²) in [5.41, 5.74) is 0. The molecule has 0 fully saturated rings. The van der Waals surface area contributed by atoms with E-state index in [1.165, 1.54) is 18.2 Å². The molecule has 0 saturated heterocycles. The van der Waals surface area contributed by atoms with Crippen molar-refractivity contribution in [2.45, 2.75) is 37.9 Å². The fourth-order valence-corrected chi connectivity index (χ4v) is 2.02. The summed E-state index contributed by atoms with van der Waals surface area (Å²) in [5, 5.41) is 27.9. The second kappa shape index (κ2) is 12.9. The van der Waals surface area contributed by atoms with Gasteiger partial charge in [-0.1, -0.05) is 36.5 Å². The van der Waals surface area contributed by atoms with Gasteiger partial charge in [0.1, 0.15) is 11.6 Å². The maximum Gasteiger partial charge on any atom is 0.303 e. The lowest BCUT2D eigenvalue weighted by Gasteiger charge is -2.13. The lowest BCUT2D eigenvalue weighted by atomic mass is 10.1. The predicted octanol–water partition coefficient (Wildman–Crippen LogP) is 3.24. The molecule has 3 N–H and O–H groups in total. The number of ether oxygens (including phenoxy) is 1. The van der Waals surface area contributed by atoms with Gasteiger partial charge in [0.15, 0.2) is 0 Å². The van der Waals surface area contributed by atoms with Gasteiger partial charge >= 0.3 is 5.97 Å². The third-order valence-corrected chi connectivity index (χ3v) is 3.43. The van der Waals surface area contributed by atoms with Crippen LogP contribution in [0.25, 0.3) is 0 Å². The lowest BCUT2D eigenvalue weighted by molar-refractivity contribution is -0.137. The fourth-order valence-electron chi connectivity index (χ4n) is 2.02. The van der Waals surface area contributed by atoms with E-state index in [0.717, 1.165) is 0 Å². The minimum absolute atomic E-state index is 0.0247. The van der Waals surface area contributed by atoms with Crippen LogP contribution in [0.15, 0.2) is 60.7 Å². The molecular formula is C20H25FO5. The molecule has 0 amide bonds. The lowest BCUT2D eigenvalue weighted by Crippen LogP contribution is -2.23. The number of allylic oxidation sites excluding steroid dienone is 4. The molecule has 26 heavy (non-hydrogen) atoms. The first-order valence-electron chi connectivity index (χ1n) is 8.45. The molecule has 0 aliphatic carbocycles. The molecule has 0 aliphatic rings. The van der Waals surface area contributed by atoms with E-state index in [-0.39, 0.29) is 18.7 Å². The van der Waals surface area contributed by atoms with Crippen LogP contribution in [0.1, 0.15) is 25.7 Å². The summed E-state index contributed by atoms with van der Waals surface area (Å²) in [5.74, 6) is -0.595. The Hall–Kier alpha value is -2.44. The number of carboxylic acid groups (broad SMARTS) is 1. The number of hydrogen-bond donors (Lipinski definition) is 3. The monoisotopic (exact) mass is 364 g/mol. The van der Waals surface area contributed by atoms with E-state index < -0.39 is 18.2 Å². The second-order valence-electron chi connectivity index (χ2n) is 5.63. The summed E-state index contributed by atoms with van der Waals surface area (Å²) >= 11 is 0. The molecule has 1 aromatic carbocycles. The van der Waals surface area contributed by atoms with Crippen LogP contribution in [0.5, 0.6) is 5.75 Å². The molecule has 5 nitrogen and oxygen atoms in total. The van der Waals surface area contributed by atoms with Crippen molar-refractivity contribution >= 4 is 5.97 Å². The molecule has 142 valence electrons. The first-order valence-corrected chi connectivity index (χ1v) is 8.45. The first-order chi connectivity index (χ1) is 12.5. The Morgan fingerprint density at radius 2 is 1.81 bits per heavy atom. The standard InChI is InChI=1S/C20H25FO5/c21-16-11-13-17(14-12-16)26-15-6-4-2-1-3-5-8-18(22)19(23)9-7-10-20(24)25/h1-5,8,11-14,18-19,22-23H,6-7,9-10,15H2,(H,24,25)/b3-1-,4-2+,8-5+. The van der Waals surface area contributed by atoms with Gasteiger partial charge in [-0.05, 0) is 43.5 Å². The number of aliphatic hydroxyl groups is 2. The maximum absolute atomic E-state index is 12.7. The Bertz CT molecular complexity index is 607. The van der Waals surface area contributed by atoms with Crippen molar-refractivity contribution < 1.29 is 29.2 Å². The van der Waals surface area contributed by atoms with Crippen LogP contribution in [0.2, 0.25) is 0 Å². The molecule has 1 rings (SSSR count). The maximum atomic E-state index is 12.7. The first kappa shape index (κ1) is 21.6. The number of rotatable bonds is 12. The highest BCUT2D eigenvalue weighted by Gasteiger charge is 2.12. The summed E-state index contributed by atoms with van der Waals surface area (Å²) in [4.78, 5) is 10.4. The molecule has 0 radical (unpaired) electrons. The van der Waals surface area contributed by atoms with Crippen LogP contribution in [-0.2, 0) is 4.79 Å². The molecule has 0 heterocycles. The average molecular weight is 364 g/mol. The zero-order valence-corrected chi connectivity index (χ0v) is 14.5. The number of hydrogen-bond acceptors (Lipinski definition) is 4. The Balaban J connectivity index is 2.16. The van der Waals surface area contributed by atoms with E-state index in [9.17, 15) is 19.4 Å². The summed E-state index contributed by atoms with van der Waals surface area (Å²) in [6, 6.07) is 5.84. The molecule has 0 aromatic heterocycles. The second-order valence-corrected chi connectivity index (χ2v) is 5.63. The highest BCUT2D eigenvalue weighted by Crippen LogP contribution is 2.11. The van der Waals surface area contributed by atoms with Crippen molar-refractivity contribution in [2.24, 2.45) is 0 Å². The van der Waals surface area contributed by atoms with E-state index in [1.807, 2.05) is 12.2 Å². The summed E-state index contributed by atoms with van der Waals surface area (Å²) in [6.45, 7) is 0.479. The smallest absolute Gasteiger partial charge is 0.303 e. The van der Waals surface area contributed by atoms with Crippen molar-refractivity contribution in [1.29, 1.82) is 0 Å².